The van der Waals surface area contributed by atoms with Gasteiger partial charge < -0.3 is 10.2 Å². The first-order chi connectivity index (χ1) is 7.52. The molecular weight excluding hydrogens is 206 g/mol. The highest BCUT2D eigenvalue weighted by Crippen LogP contribution is 2.43. The Morgan fingerprint density at radius 2 is 2.19 bits per heavy atom. The number of hydrogen-bond donors (Lipinski definition) is 2. The quantitative estimate of drug-likeness (QED) is 0.750. The Balaban J connectivity index is 1.90. The van der Waals surface area contributed by atoms with Gasteiger partial charge in [-0.25, -0.2) is 0 Å². The minimum Gasteiger partial charge on any atom is -0.481 e. The monoisotopic (exact) mass is 227 g/mol. The predicted octanol–water partition coefficient (Wildman–Crippen LogP) is 0.944. The second kappa shape index (κ2) is 4.34. The number of aliphatic carboxylic acids is 1. The lowest BCUT2D eigenvalue weighted by Crippen LogP contribution is -2.47. The summed E-state index contributed by atoms with van der Waals surface area (Å²) in [6, 6.07) is 0. The topological polar surface area (TPSA) is 60.8 Å². The van der Waals surface area contributed by atoms with Crippen LogP contribution in [0.15, 0.2) is 0 Å². The minimum absolute atomic E-state index is 0.174. The van der Waals surface area contributed by atoms with Crippen LogP contribution in [-0.4, -0.2) is 46.3 Å². The number of rotatable bonds is 4. The number of carbonyl (C=O) groups is 1. The summed E-state index contributed by atoms with van der Waals surface area (Å²) in [5.41, 5.74) is -0.559. The maximum absolute atomic E-state index is 10.6. The van der Waals surface area contributed by atoms with Crippen LogP contribution in [0.4, 0.5) is 0 Å². The smallest absolute Gasteiger partial charge is 0.304 e. The predicted molar refractivity (Wildman–Crippen MR) is 60.1 cm³/mol. The van der Waals surface area contributed by atoms with E-state index < -0.39 is 11.6 Å². The van der Waals surface area contributed by atoms with Gasteiger partial charge in [-0.2, -0.15) is 0 Å². The van der Waals surface area contributed by atoms with Gasteiger partial charge in [-0.1, -0.05) is 13.3 Å². The lowest BCUT2D eigenvalue weighted by atomic mass is 9.69. The van der Waals surface area contributed by atoms with Crippen LogP contribution in [0.25, 0.3) is 0 Å². The fraction of sp³-hybridized carbons (Fsp3) is 0.917. The van der Waals surface area contributed by atoms with E-state index in [-0.39, 0.29) is 12.3 Å². The maximum atomic E-state index is 10.6. The highest BCUT2D eigenvalue weighted by Gasteiger charge is 2.49. The minimum atomic E-state index is -0.758. The van der Waals surface area contributed by atoms with E-state index in [0.29, 0.717) is 19.0 Å². The summed E-state index contributed by atoms with van der Waals surface area (Å²) in [6.45, 7) is 4.14. The average molecular weight is 227 g/mol. The molecule has 4 nitrogen and oxygen atoms in total. The number of carboxylic acids is 1. The zero-order valence-corrected chi connectivity index (χ0v) is 9.85. The Hall–Kier alpha value is -0.610. The molecule has 2 atom stereocenters. The van der Waals surface area contributed by atoms with Gasteiger partial charge in [-0.15, -0.1) is 0 Å². The maximum Gasteiger partial charge on any atom is 0.304 e. The van der Waals surface area contributed by atoms with Gasteiger partial charge in [0.15, 0.2) is 0 Å². The number of carboxylic acid groups (broad SMARTS) is 1. The molecule has 4 heteroatoms. The van der Waals surface area contributed by atoms with Gasteiger partial charge in [-0.3, -0.25) is 9.69 Å². The van der Waals surface area contributed by atoms with E-state index in [1.165, 1.54) is 6.42 Å². The molecule has 16 heavy (non-hydrogen) atoms. The van der Waals surface area contributed by atoms with Crippen LogP contribution in [0.3, 0.4) is 0 Å². The van der Waals surface area contributed by atoms with Crippen molar-refractivity contribution >= 4 is 5.97 Å². The molecule has 0 bridgehead atoms. The van der Waals surface area contributed by atoms with Crippen LogP contribution >= 0.6 is 0 Å². The molecule has 0 aromatic carbocycles. The molecule has 1 aliphatic heterocycles. The largest absolute Gasteiger partial charge is 0.481 e. The van der Waals surface area contributed by atoms with Crippen LogP contribution in [0.5, 0.6) is 0 Å². The molecule has 1 saturated heterocycles. The average Bonchev–Trinajstić information content (AvgIpc) is 2.36. The van der Waals surface area contributed by atoms with Crippen LogP contribution in [0.1, 0.15) is 32.6 Å². The molecular formula is C12H21NO3. The highest BCUT2D eigenvalue weighted by molar-refractivity contribution is 5.66. The van der Waals surface area contributed by atoms with Crippen LogP contribution in [0, 0.1) is 11.8 Å². The third kappa shape index (κ3) is 2.09. The zero-order chi connectivity index (χ0) is 11.8. The van der Waals surface area contributed by atoms with Crippen molar-refractivity contribution in [2.24, 2.45) is 11.8 Å². The molecule has 0 radical (unpaired) electrons. The molecule has 0 unspecified atom stereocenters. The molecule has 1 saturated carbocycles. The molecule has 2 N–H and O–H groups in total. The molecule has 0 amide bonds. The number of nitrogens with zero attached hydrogens (tertiary/aromatic N) is 1. The normalized spacial score (nSPS) is 36.2. The van der Waals surface area contributed by atoms with Crippen molar-refractivity contribution < 1.29 is 15.0 Å². The standard InChI is InChI=1S/C12H21NO3/c1-9-7-13(6-5-11(14)15)8-12(9,16)10-3-2-4-10/h9-10,16H,2-8H2,1H3,(H,14,15)/t9-,12+/m1/s1. The summed E-state index contributed by atoms with van der Waals surface area (Å²) in [5, 5.41) is 19.3. The van der Waals surface area contributed by atoms with E-state index in [9.17, 15) is 9.90 Å². The Bertz CT molecular complexity index is 277. The van der Waals surface area contributed by atoms with Crippen LogP contribution in [0.2, 0.25) is 0 Å². The second-order valence-corrected chi connectivity index (χ2v) is 5.40. The van der Waals surface area contributed by atoms with Gasteiger partial charge in [-0.05, 0) is 24.7 Å². The van der Waals surface area contributed by atoms with Gasteiger partial charge in [0.2, 0.25) is 0 Å². The Kier molecular flexibility index (Phi) is 3.22. The fourth-order valence-corrected chi connectivity index (χ4v) is 2.99. The number of likely N-dealkylation sites (tertiary alicyclic amines) is 1. The van der Waals surface area contributed by atoms with Gasteiger partial charge >= 0.3 is 5.97 Å². The second-order valence-electron chi connectivity index (χ2n) is 5.40. The van der Waals surface area contributed by atoms with E-state index in [4.69, 9.17) is 5.11 Å². The van der Waals surface area contributed by atoms with Crippen molar-refractivity contribution in [3.05, 3.63) is 0 Å². The lowest BCUT2D eigenvalue weighted by molar-refractivity contribution is -0.137. The van der Waals surface area contributed by atoms with Crippen molar-refractivity contribution in [3.8, 4) is 0 Å². The Morgan fingerprint density at radius 1 is 1.50 bits per heavy atom. The molecule has 2 rings (SSSR count). The summed E-state index contributed by atoms with van der Waals surface area (Å²) in [4.78, 5) is 12.6. The Morgan fingerprint density at radius 3 is 2.69 bits per heavy atom. The highest BCUT2D eigenvalue weighted by atomic mass is 16.4. The molecule has 2 aliphatic rings. The van der Waals surface area contributed by atoms with Crippen molar-refractivity contribution in [3.63, 3.8) is 0 Å². The number of β-amino-alcohol motifs (C(OH)–C–C–N with tert-alkyl or cyclic N) is 1. The van der Waals surface area contributed by atoms with Crippen molar-refractivity contribution in [1.82, 2.24) is 4.90 Å². The van der Waals surface area contributed by atoms with Crippen molar-refractivity contribution in [2.45, 2.75) is 38.2 Å². The van der Waals surface area contributed by atoms with Gasteiger partial charge in [0.05, 0.1) is 12.0 Å². The number of hydrogen-bond acceptors (Lipinski definition) is 3. The molecule has 1 aliphatic carbocycles. The summed E-state index contributed by atoms with van der Waals surface area (Å²) in [7, 11) is 0. The summed E-state index contributed by atoms with van der Waals surface area (Å²) >= 11 is 0. The molecule has 0 aromatic heterocycles. The molecule has 0 aromatic rings. The van der Waals surface area contributed by atoms with Gasteiger partial charge in [0.25, 0.3) is 0 Å². The lowest BCUT2D eigenvalue weighted by Gasteiger charge is -2.41. The third-order valence-electron chi connectivity index (χ3n) is 4.32. The molecule has 2 fully saturated rings. The SMILES string of the molecule is C[C@@H]1CN(CCC(=O)O)C[C@@]1(O)C1CCC1. The molecule has 0 spiro atoms. The van der Waals surface area contributed by atoms with E-state index in [1.807, 2.05) is 0 Å². The summed E-state index contributed by atoms with van der Waals surface area (Å²) in [6.07, 6.45) is 3.67. The summed E-state index contributed by atoms with van der Waals surface area (Å²) in [5.74, 6) is -0.0457. The molecule has 92 valence electrons. The first-order valence-corrected chi connectivity index (χ1v) is 6.19. The Labute approximate surface area is 96.3 Å². The van der Waals surface area contributed by atoms with Gasteiger partial charge in [0, 0.05) is 19.6 Å². The van der Waals surface area contributed by atoms with E-state index in [1.54, 1.807) is 0 Å². The van der Waals surface area contributed by atoms with E-state index in [0.717, 1.165) is 19.4 Å². The van der Waals surface area contributed by atoms with Crippen LogP contribution in [-0.2, 0) is 4.79 Å². The summed E-state index contributed by atoms with van der Waals surface area (Å²) < 4.78 is 0. The van der Waals surface area contributed by atoms with E-state index in [2.05, 4.69) is 11.8 Å². The third-order valence-corrected chi connectivity index (χ3v) is 4.32. The van der Waals surface area contributed by atoms with Crippen LogP contribution < -0.4 is 0 Å². The zero-order valence-electron chi connectivity index (χ0n) is 9.85. The first-order valence-electron chi connectivity index (χ1n) is 6.19. The fourth-order valence-electron chi connectivity index (χ4n) is 2.99. The van der Waals surface area contributed by atoms with Crippen molar-refractivity contribution in [1.29, 1.82) is 0 Å². The van der Waals surface area contributed by atoms with E-state index >= 15 is 0 Å². The molecule has 1 heterocycles. The van der Waals surface area contributed by atoms with Crippen molar-refractivity contribution in [2.75, 3.05) is 19.6 Å². The number of aliphatic hydroxyl groups is 1. The van der Waals surface area contributed by atoms with Gasteiger partial charge in [0.1, 0.15) is 0 Å². The first kappa shape index (κ1) is 11.9.